The first-order chi connectivity index (χ1) is 8.92. The Bertz CT molecular complexity index is 524. The van der Waals surface area contributed by atoms with Gasteiger partial charge < -0.3 is 15.7 Å². The minimum absolute atomic E-state index is 0.184. The van der Waals surface area contributed by atoms with Gasteiger partial charge in [0.05, 0.1) is 22.1 Å². The smallest absolute Gasteiger partial charge is 0.273 e. The molecule has 7 nitrogen and oxygen atoms in total. The maximum absolute atomic E-state index is 12.1. The van der Waals surface area contributed by atoms with Crippen LogP contribution in [0.4, 0.5) is 11.4 Å². The summed E-state index contributed by atoms with van der Waals surface area (Å²) in [5.74, 6) is -0.515. The number of benzene rings is 1. The molecule has 19 heavy (non-hydrogen) atoms. The molecule has 102 valence electrons. The molecule has 0 spiro atoms. The minimum atomic E-state index is -0.604. The van der Waals surface area contributed by atoms with Gasteiger partial charge in [0.25, 0.3) is 5.69 Å². The summed E-state index contributed by atoms with van der Waals surface area (Å²) in [6.07, 6.45) is 0.715. The molecule has 0 aromatic heterocycles. The number of nitro groups is 1. The third-order valence-corrected chi connectivity index (χ3v) is 3.36. The molecule has 2 rings (SSSR count). The molecule has 0 saturated carbocycles. The van der Waals surface area contributed by atoms with Crippen LogP contribution in [0.25, 0.3) is 0 Å². The van der Waals surface area contributed by atoms with Gasteiger partial charge in [-0.1, -0.05) is 0 Å². The van der Waals surface area contributed by atoms with Gasteiger partial charge in [0.2, 0.25) is 5.91 Å². The maximum Gasteiger partial charge on any atom is 0.273 e. The fraction of sp³-hybridized carbons (Fsp3) is 0.417. The first-order valence-electron chi connectivity index (χ1n) is 5.92. The van der Waals surface area contributed by atoms with E-state index in [1.807, 2.05) is 6.92 Å². The number of nitrogens with one attached hydrogen (secondary N) is 2. The van der Waals surface area contributed by atoms with Crippen molar-refractivity contribution in [3.63, 3.8) is 0 Å². The Morgan fingerprint density at radius 2 is 2.32 bits per heavy atom. The SMILES string of the molecule is CC1(C(=O)Nc2ccc([N+](=O)[O-])cc2O)CCNC1. The number of hydrogen-bond donors (Lipinski definition) is 3. The molecule has 1 saturated heterocycles. The van der Waals surface area contributed by atoms with Crippen LogP contribution in [0, 0.1) is 15.5 Å². The van der Waals surface area contributed by atoms with Crippen LogP contribution in [-0.2, 0) is 4.79 Å². The second kappa shape index (κ2) is 4.85. The lowest BCUT2D eigenvalue weighted by Crippen LogP contribution is -2.35. The van der Waals surface area contributed by atoms with Crippen molar-refractivity contribution < 1.29 is 14.8 Å². The summed E-state index contributed by atoms with van der Waals surface area (Å²) in [7, 11) is 0. The molecule has 1 unspecified atom stereocenters. The van der Waals surface area contributed by atoms with Crippen LogP contribution in [0.1, 0.15) is 13.3 Å². The van der Waals surface area contributed by atoms with Gasteiger partial charge in [-0.3, -0.25) is 14.9 Å². The number of anilines is 1. The number of nitro benzene ring substituents is 1. The van der Waals surface area contributed by atoms with Gasteiger partial charge in [-0.15, -0.1) is 0 Å². The Kier molecular flexibility index (Phi) is 3.39. The number of non-ortho nitro benzene ring substituents is 1. The number of rotatable bonds is 3. The van der Waals surface area contributed by atoms with Gasteiger partial charge in [-0.2, -0.15) is 0 Å². The summed E-state index contributed by atoms with van der Waals surface area (Å²) < 4.78 is 0. The van der Waals surface area contributed by atoms with E-state index in [9.17, 15) is 20.0 Å². The number of carbonyl (C=O) groups excluding carboxylic acids is 1. The number of hydrogen-bond acceptors (Lipinski definition) is 5. The topological polar surface area (TPSA) is 104 Å². The fourth-order valence-electron chi connectivity index (χ4n) is 2.02. The molecule has 0 radical (unpaired) electrons. The molecule has 3 N–H and O–H groups in total. The third kappa shape index (κ3) is 2.65. The fourth-order valence-corrected chi connectivity index (χ4v) is 2.02. The Morgan fingerprint density at radius 3 is 2.84 bits per heavy atom. The van der Waals surface area contributed by atoms with E-state index in [0.717, 1.165) is 12.6 Å². The predicted octanol–water partition coefficient (Wildman–Crippen LogP) is 1.24. The molecular weight excluding hydrogens is 250 g/mol. The average molecular weight is 265 g/mol. The highest BCUT2D eigenvalue weighted by Gasteiger charge is 2.36. The van der Waals surface area contributed by atoms with Crippen molar-refractivity contribution in [2.45, 2.75) is 13.3 Å². The molecule has 1 fully saturated rings. The summed E-state index contributed by atoms with van der Waals surface area (Å²) in [4.78, 5) is 22.1. The molecule has 0 bridgehead atoms. The van der Waals surface area contributed by atoms with Gasteiger partial charge in [0, 0.05) is 12.6 Å². The molecule has 1 amide bonds. The second-order valence-electron chi connectivity index (χ2n) is 4.90. The van der Waals surface area contributed by atoms with Crippen LogP contribution in [-0.4, -0.2) is 29.0 Å². The number of nitrogens with zero attached hydrogens (tertiary/aromatic N) is 1. The van der Waals surface area contributed by atoms with Gasteiger partial charge in [0.15, 0.2) is 0 Å². The van der Waals surface area contributed by atoms with E-state index in [0.29, 0.717) is 13.0 Å². The van der Waals surface area contributed by atoms with Crippen LogP contribution < -0.4 is 10.6 Å². The van der Waals surface area contributed by atoms with Crippen molar-refractivity contribution in [1.82, 2.24) is 5.32 Å². The zero-order chi connectivity index (χ0) is 14.0. The van der Waals surface area contributed by atoms with Gasteiger partial charge in [-0.25, -0.2) is 0 Å². The van der Waals surface area contributed by atoms with Gasteiger partial charge >= 0.3 is 0 Å². The van der Waals surface area contributed by atoms with Crippen LogP contribution >= 0.6 is 0 Å². The molecule has 1 aromatic rings. The summed E-state index contributed by atoms with van der Waals surface area (Å²) in [5, 5.41) is 25.9. The Labute approximate surface area is 109 Å². The molecule has 1 atom stereocenters. The predicted molar refractivity (Wildman–Crippen MR) is 69.0 cm³/mol. The molecule has 1 aliphatic rings. The highest BCUT2D eigenvalue weighted by Crippen LogP contribution is 2.31. The van der Waals surface area contributed by atoms with Crippen molar-refractivity contribution in [2.24, 2.45) is 5.41 Å². The van der Waals surface area contributed by atoms with Crippen molar-refractivity contribution in [3.05, 3.63) is 28.3 Å². The van der Waals surface area contributed by atoms with E-state index >= 15 is 0 Å². The number of aromatic hydroxyl groups is 1. The van der Waals surface area contributed by atoms with Crippen LogP contribution in [0.2, 0.25) is 0 Å². The zero-order valence-electron chi connectivity index (χ0n) is 10.5. The van der Waals surface area contributed by atoms with E-state index in [1.54, 1.807) is 0 Å². The lowest BCUT2D eigenvalue weighted by Gasteiger charge is -2.21. The number of amides is 1. The first kappa shape index (κ1) is 13.3. The van der Waals surface area contributed by atoms with Crippen LogP contribution in [0.5, 0.6) is 5.75 Å². The summed E-state index contributed by atoms with van der Waals surface area (Å²) in [5.41, 5.74) is -0.554. The normalized spacial score (nSPS) is 22.2. The molecule has 1 aromatic carbocycles. The zero-order valence-corrected chi connectivity index (χ0v) is 10.5. The molecular formula is C12H15N3O4. The van der Waals surface area contributed by atoms with Crippen molar-refractivity contribution in [1.29, 1.82) is 0 Å². The van der Waals surface area contributed by atoms with E-state index in [4.69, 9.17) is 0 Å². The second-order valence-corrected chi connectivity index (χ2v) is 4.90. The molecule has 1 aliphatic heterocycles. The quantitative estimate of drug-likeness (QED) is 0.433. The lowest BCUT2D eigenvalue weighted by molar-refractivity contribution is -0.384. The van der Waals surface area contributed by atoms with Crippen LogP contribution in [0.3, 0.4) is 0 Å². The number of phenols is 1. The Balaban J connectivity index is 2.15. The van der Waals surface area contributed by atoms with Crippen molar-refractivity contribution in [3.8, 4) is 5.75 Å². The molecule has 0 aliphatic carbocycles. The largest absolute Gasteiger partial charge is 0.506 e. The van der Waals surface area contributed by atoms with E-state index in [1.165, 1.54) is 12.1 Å². The molecule has 1 heterocycles. The van der Waals surface area contributed by atoms with E-state index in [2.05, 4.69) is 10.6 Å². The first-order valence-corrected chi connectivity index (χ1v) is 5.92. The van der Waals surface area contributed by atoms with Gasteiger partial charge in [-0.05, 0) is 26.0 Å². The highest BCUT2D eigenvalue weighted by molar-refractivity contribution is 5.96. The monoisotopic (exact) mass is 265 g/mol. The average Bonchev–Trinajstić information content (AvgIpc) is 2.80. The maximum atomic E-state index is 12.1. The van der Waals surface area contributed by atoms with E-state index < -0.39 is 10.3 Å². The van der Waals surface area contributed by atoms with Gasteiger partial charge in [0.1, 0.15) is 5.75 Å². The standard InChI is InChI=1S/C12H15N3O4/c1-12(4-5-13-7-12)11(17)14-9-3-2-8(15(18)19)6-10(9)16/h2-3,6,13,16H,4-5,7H2,1H3,(H,14,17). The summed E-state index contributed by atoms with van der Waals surface area (Å²) in [6, 6.07) is 3.59. The van der Waals surface area contributed by atoms with Crippen molar-refractivity contribution >= 4 is 17.3 Å². The van der Waals surface area contributed by atoms with Crippen LogP contribution in [0.15, 0.2) is 18.2 Å². The lowest BCUT2D eigenvalue weighted by atomic mass is 9.88. The number of phenolic OH excluding ortho intramolecular Hbond substituents is 1. The summed E-state index contributed by atoms with van der Waals surface area (Å²) in [6.45, 7) is 3.19. The summed E-state index contributed by atoms with van der Waals surface area (Å²) >= 11 is 0. The third-order valence-electron chi connectivity index (χ3n) is 3.36. The Morgan fingerprint density at radius 1 is 1.58 bits per heavy atom. The van der Waals surface area contributed by atoms with Crippen molar-refractivity contribution in [2.75, 3.05) is 18.4 Å². The van der Waals surface area contributed by atoms with E-state index in [-0.39, 0.29) is 23.0 Å². The highest BCUT2D eigenvalue weighted by atomic mass is 16.6. The minimum Gasteiger partial charge on any atom is -0.506 e. The molecule has 7 heteroatoms. The Hall–Kier alpha value is -2.15. The number of carbonyl (C=O) groups is 1.